The first-order valence-corrected chi connectivity index (χ1v) is 7.45. The smallest absolute Gasteiger partial charge is 0.418 e. The highest BCUT2D eigenvalue weighted by molar-refractivity contribution is 6.08. The normalized spacial score (nSPS) is 11.6. The molecule has 2 N–H and O–H groups in total. The Morgan fingerprint density at radius 3 is 2.56 bits per heavy atom. The summed E-state index contributed by atoms with van der Waals surface area (Å²) in [7, 11) is 1.53. The van der Waals surface area contributed by atoms with E-state index >= 15 is 0 Å². The molecule has 130 valence electrons. The van der Waals surface area contributed by atoms with Crippen molar-refractivity contribution >= 4 is 22.5 Å². The molecule has 4 nitrogen and oxygen atoms in total. The molecule has 0 spiro atoms. The van der Waals surface area contributed by atoms with E-state index < -0.39 is 17.6 Å². The Hall–Kier alpha value is -2.96. The number of aromatic amines is 1. The summed E-state index contributed by atoms with van der Waals surface area (Å²) in [4.78, 5) is 15.4. The highest BCUT2D eigenvalue weighted by Crippen LogP contribution is 2.35. The average molecular weight is 348 g/mol. The number of alkyl halides is 3. The minimum atomic E-state index is -4.55. The van der Waals surface area contributed by atoms with E-state index in [2.05, 4.69) is 10.3 Å². The number of halogens is 3. The Morgan fingerprint density at radius 1 is 1.16 bits per heavy atom. The summed E-state index contributed by atoms with van der Waals surface area (Å²) in [6, 6.07) is 10.1. The van der Waals surface area contributed by atoms with Gasteiger partial charge in [-0.05, 0) is 42.8 Å². The molecule has 1 aromatic heterocycles. The number of para-hydroxylation sites is 1. The number of fused-ring (bicyclic) bond motifs is 1. The van der Waals surface area contributed by atoms with Crippen LogP contribution in [0.5, 0.6) is 5.75 Å². The minimum absolute atomic E-state index is 0.209. The van der Waals surface area contributed by atoms with Crippen LogP contribution in [-0.4, -0.2) is 18.0 Å². The van der Waals surface area contributed by atoms with Gasteiger partial charge in [-0.15, -0.1) is 0 Å². The molecular formula is C18H15F3N2O2. The van der Waals surface area contributed by atoms with Crippen LogP contribution in [0.1, 0.15) is 21.6 Å². The largest absolute Gasteiger partial charge is 0.497 e. The molecule has 0 aliphatic carbocycles. The molecule has 0 fully saturated rings. The molecule has 0 bridgehead atoms. The predicted molar refractivity (Wildman–Crippen MR) is 89.0 cm³/mol. The van der Waals surface area contributed by atoms with E-state index in [1.807, 2.05) is 0 Å². The van der Waals surface area contributed by atoms with Crippen molar-refractivity contribution in [2.45, 2.75) is 13.1 Å². The molecule has 3 rings (SSSR count). The second-order valence-electron chi connectivity index (χ2n) is 5.53. The number of hydrogen-bond donors (Lipinski definition) is 2. The summed E-state index contributed by atoms with van der Waals surface area (Å²) >= 11 is 0. The molecule has 0 saturated heterocycles. The highest BCUT2D eigenvalue weighted by Gasteiger charge is 2.33. The molecule has 25 heavy (non-hydrogen) atoms. The molecule has 1 heterocycles. The first-order chi connectivity index (χ1) is 11.8. The standard InChI is InChI=1S/C18H15F3N2O2/c1-10-12-9-11(25-2)7-8-14(12)22-16(10)17(24)23-15-6-4-3-5-13(15)18(19,20)21/h3-9,22H,1-2H3,(H,23,24). The number of carbonyl (C=O) groups is 1. The molecule has 0 saturated carbocycles. The Morgan fingerprint density at radius 2 is 1.88 bits per heavy atom. The number of nitrogens with one attached hydrogen (secondary N) is 2. The zero-order valence-electron chi connectivity index (χ0n) is 13.5. The summed E-state index contributed by atoms with van der Waals surface area (Å²) < 4.78 is 44.3. The Balaban J connectivity index is 1.98. The van der Waals surface area contributed by atoms with Crippen LogP contribution < -0.4 is 10.1 Å². The zero-order valence-corrected chi connectivity index (χ0v) is 13.5. The number of anilines is 1. The van der Waals surface area contributed by atoms with Crippen LogP contribution in [0.2, 0.25) is 0 Å². The fourth-order valence-electron chi connectivity index (χ4n) is 2.68. The molecule has 7 heteroatoms. The van der Waals surface area contributed by atoms with Gasteiger partial charge in [-0.25, -0.2) is 0 Å². The van der Waals surface area contributed by atoms with Gasteiger partial charge < -0.3 is 15.0 Å². The quantitative estimate of drug-likeness (QED) is 0.717. The molecule has 0 radical (unpaired) electrons. The maximum absolute atomic E-state index is 13.1. The van der Waals surface area contributed by atoms with E-state index in [1.54, 1.807) is 25.1 Å². The van der Waals surface area contributed by atoms with Crippen molar-refractivity contribution in [3.63, 3.8) is 0 Å². The van der Waals surface area contributed by atoms with Gasteiger partial charge in [0.25, 0.3) is 5.91 Å². The van der Waals surface area contributed by atoms with Gasteiger partial charge in [-0.3, -0.25) is 4.79 Å². The third-order valence-corrected chi connectivity index (χ3v) is 3.97. The first-order valence-electron chi connectivity index (χ1n) is 7.45. The van der Waals surface area contributed by atoms with Crippen molar-refractivity contribution in [3.8, 4) is 5.75 Å². The lowest BCUT2D eigenvalue weighted by Gasteiger charge is -2.13. The summed E-state index contributed by atoms with van der Waals surface area (Å²) in [6.07, 6.45) is -4.55. The van der Waals surface area contributed by atoms with Gasteiger partial charge in [0, 0.05) is 10.9 Å². The fraction of sp³-hybridized carbons (Fsp3) is 0.167. The average Bonchev–Trinajstić information content (AvgIpc) is 2.91. The summed E-state index contributed by atoms with van der Waals surface area (Å²) in [5.74, 6) is -0.00616. The van der Waals surface area contributed by atoms with Crippen LogP contribution in [-0.2, 0) is 6.18 Å². The number of rotatable bonds is 3. The number of aryl methyl sites for hydroxylation is 1. The minimum Gasteiger partial charge on any atom is -0.497 e. The number of aromatic nitrogens is 1. The Labute approximate surface area is 141 Å². The van der Waals surface area contributed by atoms with Gasteiger partial charge in [0.05, 0.1) is 18.4 Å². The van der Waals surface area contributed by atoms with E-state index in [0.29, 0.717) is 16.8 Å². The van der Waals surface area contributed by atoms with Crippen LogP contribution in [0.15, 0.2) is 42.5 Å². The van der Waals surface area contributed by atoms with Gasteiger partial charge in [0.2, 0.25) is 0 Å². The fourth-order valence-corrected chi connectivity index (χ4v) is 2.68. The van der Waals surface area contributed by atoms with Gasteiger partial charge in [0.1, 0.15) is 11.4 Å². The maximum Gasteiger partial charge on any atom is 0.418 e. The van der Waals surface area contributed by atoms with E-state index in [0.717, 1.165) is 11.5 Å². The molecule has 0 aliphatic rings. The van der Waals surface area contributed by atoms with Crippen LogP contribution in [0.25, 0.3) is 10.9 Å². The second kappa shape index (κ2) is 6.16. The van der Waals surface area contributed by atoms with Crippen molar-refractivity contribution in [2.75, 3.05) is 12.4 Å². The summed E-state index contributed by atoms with van der Waals surface area (Å²) in [5, 5.41) is 3.11. The van der Waals surface area contributed by atoms with Gasteiger partial charge >= 0.3 is 6.18 Å². The predicted octanol–water partition coefficient (Wildman–Crippen LogP) is 4.76. The molecule has 2 aromatic carbocycles. The summed E-state index contributed by atoms with van der Waals surface area (Å²) in [5.41, 5.74) is 0.373. The van der Waals surface area contributed by atoms with E-state index in [1.165, 1.54) is 25.3 Å². The van der Waals surface area contributed by atoms with Gasteiger partial charge in [-0.1, -0.05) is 12.1 Å². The van der Waals surface area contributed by atoms with Crippen LogP contribution in [0.4, 0.5) is 18.9 Å². The van der Waals surface area contributed by atoms with Crippen molar-refractivity contribution in [2.24, 2.45) is 0 Å². The van der Waals surface area contributed by atoms with Crippen molar-refractivity contribution in [3.05, 3.63) is 59.3 Å². The number of amides is 1. The number of H-pyrrole nitrogens is 1. The van der Waals surface area contributed by atoms with Crippen molar-refractivity contribution in [1.29, 1.82) is 0 Å². The van der Waals surface area contributed by atoms with Gasteiger partial charge in [0.15, 0.2) is 0 Å². The van der Waals surface area contributed by atoms with E-state index in [-0.39, 0.29) is 11.4 Å². The third-order valence-electron chi connectivity index (χ3n) is 3.97. The van der Waals surface area contributed by atoms with Crippen LogP contribution >= 0.6 is 0 Å². The number of methoxy groups -OCH3 is 1. The summed E-state index contributed by atoms with van der Waals surface area (Å²) in [6.45, 7) is 1.73. The number of hydrogen-bond acceptors (Lipinski definition) is 2. The van der Waals surface area contributed by atoms with Crippen LogP contribution in [0.3, 0.4) is 0 Å². The molecular weight excluding hydrogens is 333 g/mol. The van der Waals surface area contributed by atoms with Crippen LogP contribution in [0, 0.1) is 6.92 Å². The lowest BCUT2D eigenvalue weighted by Crippen LogP contribution is -2.17. The number of carbonyl (C=O) groups excluding carboxylic acids is 1. The monoisotopic (exact) mass is 348 g/mol. The van der Waals surface area contributed by atoms with Crippen molar-refractivity contribution in [1.82, 2.24) is 4.98 Å². The van der Waals surface area contributed by atoms with Crippen molar-refractivity contribution < 1.29 is 22.7 Å². The molecule has 0 unspecified atom stereocenters. The third kappa shape index (κ3) is 3.17. The number of ether oxygens (including phenoxy) is 1. The molecule has 0 atom stereocenters. The number of benzene rings is 2. The second-order valence-corrected chi connectivity index (χ2v) is 5.53. The lowest BCUT2D eigenvalue weighted by atomic mass is 10.1. The maximum atomic E-state index is 13.1. The first kappa shape index (κ1) is 16.9. The van der Waals surface area contributed by atoms with Gasteiger partial charge in [-0.2, -0.15) is 13.2 Å². The SMILES string of the molecule is COc1ccc2[nH]c(C(=O)Nc3ccccc3C(F)(F)F)c(C)c2c1. The molecule has 0 aliphatic heterocycles. The highest BCUT2D eigenvalue weighted by atomic mass is 19.4. The topological polar surface area (TPSA) is 54.1 Å². The molecule has 1 amide bonds. The lowest BCUT2D eigenvalue weighted by molar-refractivity contribution is -0.136. The Bertz CT molecular complexity index is 945. The molecule has 3 aromatic rings. The van der Waals surface area contributed by atoms with E-state index in [9.17, 15) is 18.0 Å². The Kier molecular flexibility index (Phi) is 4.16. The van der Waals surface area contributed by atoms with E-state index in [4.69, 9.17) is 4.74 Å². The zero-order chi connectivity index (χ0) is 18.2.